The summed E-state index contributed by atoms with van der Waals surface area (Å²) < 4.78 is 5.03. The summed E-state index contributed by atoms with van der Waals surface area (Å²) in [6.45, 7) is 2.14. The first-order valence-corrected chi connectivity index (χ1v) is 8.09. The van der Waals surface area contributed by atoms with Crippen LogP contribution >= 0.6 is 0 Å². The first-order chi connectivity index (χ1) is 11.8. The zero-order valence-electron chi connectivity index (χ0n) is 13.6. The fraction of sp³-hybridized carbons (Fsp3) is 0.200. The molecule has 3 rings (SSSR count). The van der Waals surface area contributed by atoms with Crippen molar-refractivity contribution in [1.29, 1.82) is 0 Å². The van der Waals surface area contributed by atoms with Crippen LogP contribution in [-0.2, 0) is 11.2 Å². The van der Waals surface area contributed by atoms with Gasteiger partial charge in [0, 0.05) is 17.5 Å². The molecule has 1 heterocycles. The number of pyridine rings is 1. The van der Waals surface area contributed by atoms with Gasteiger partial charge in [0.1, 0.15) is 0 Å². The Morgan fingerprint density at radius 1 is 1.04 bits per heavy atom. The van der Waals surface area contributed by atoms with Crippen LogP contribution in [0.25, 0.3) is 10.9 Å². The summed E-state index contributed by atoms with van der Waals surface area (Å²) in [5.74, 6) is 0. The fourth-order valence-corrected chi connectivity index (χ4v) is 2.68. The van der Waals surface area contributed by atoms with Crippen molar-refractivity contribution in [2.45, 2.75) is 19.4 Å². The van der Waals surface area contributed by atoms with E-state index in [0.29, 0.717) is 13.0 Å². The van der Waals surface area contributed by atoms with E-state index in [2.05, 4.69) is 11.4 Å². The molecule has 0 aliphatic heterocycles. The minimum atomic E-state index is -0.410. The highest BCUT2D eigenvalue weighted by molar-refractivity contribution is 5.78. The van der Waals surface area contributed by atoms with Crippen LogP contribution in [0, 0.1) is 0 Å². The molecule has 0 aliphatic carbocycles. The molecule has 1 N–H and O–H groups in total. The third-order valence-electron chi connectivity index (χ3n) is 3.84. The molecule has 1 atom stereocenters. The van der Waals surface area contributed by atoms with E-state index in [1.165, 1.54) is 0 Å². The van der Waals surface area contributed by atoms with Gasteiger partial charge in [0.15, 0.2) is 0 Å². The van der Waals surface area contributed by atoms with Crippen molar-refractivity contribution >= 4 is 17.0 Å². The number of alkyl carbamates (subject to hydrolysis) is 1. The largest absolute Gasteiger partial charge is 0.450 e. The van der Waals surface area contributed by atoms with E-state index in [4.69, 9.17) is 9.72 Å². The number of rotatable bonds is 5. The fourth-order valence-electron chi connectivity index (χ4n) is 2.68. The minimum Gasteiger partial charge on any atom is -0.450 e. The Bertz CT molecular complexity index is 818. The summed E-state index contributed by atoms with van der Waals surface area (Å²) in [4.78, 5) is 16.6. The highest BCUT2D eigenvalue weighted by Crippen LogP contribution is 2.20. The number of nitrogens with zero attached hydrogens (tertiary/aromatic N) is 1. The quantitative estimate of drug-likeness (QED) is 0.764. The van der Waals surface area contributed by atoms with Crippen molar-refractivity contribution < 1.29 is 9.53 Å². The molecule has 1 aromatic heterocycles. The summed E-state index contributed by atoms with van der Waals surface area (Å²) in [5, 5.41) is 4.04. The first kappa shape index (κ1) is 16.0. The predicted molar refractivity (Wildman–Crippen MR) is 94.8 cm³/mol. The second kappa shape index (κ2) is 7.59. The lowest BCUT2D eigenvalue weighted by Gasteiger charge is -2.19. The molecule has 3 aromatic rings. The zero-order valence-corrected chi connectivity index (χ0v) is 13.6. The third kappa shape index (κ3) is 3.90. The highest BCUT2D eigenvalue weighted by Gasteiger charge is 2.16. The Balaban J connectivity index is 1.85. The lowest BCUT2D eigenvalue weighted by atomic mass is 10.0. The van der Waals surface area contributed by atoms with Gasteiger partial charge in [0.25, 0.3) is 0 Å². The summed E-state index contributed by atoms with van der Waals surface area (Å²) >= 11 is 0. The number of carbonyl (C=O) groups is 1. The molecular formula is C20H20N2O2. The second-order valence-corrected chi connectivity index (χ2v) is 5.53. The van der Waals surface area contributed by atoms with Gasteiger partial charge in [-0.25, -0.2) is 4.79 Å². The van der Waals surface area contributed by atoms with Crippen molar-refractivity contribution in [1.82, 2.24) is 10.3 Å². The summed E-state index contributed by atoms with van der Waals surface area (Å²) in [7, 11) is 0. The number of hydrogen-bond donors (Lipinski definition) is 1. The maximum Gasteiger partial charge on any atom is 0.407 e. The van der Waals surface area contributed by atoms with Crippen LogP contribution in [0.4, 0.5) is 4.79 Å². The van der Waals surface area contributed by atoms with Crippen LogP contribution < -0.4 is 5.32 Å². The molecule has 0 bridgehead atoms. The van der Waals surface area contributed by atoms with Gasteiger partial charge >= 0.3 is 6.09 Å². The van der Waals surface area contributed by atoms with Crippen LogP contribution in [0.5, 0.6) is 0 Å². The van der Waals surface area contributed by atoms with Crippen molar-refractivity contribution in [2.24, 2.45) is 0 Å². The molecule has 0 saturated heterocycles. The van der Waals surface area contributed by atoms with Gasteiger partial charge in [-0.1, -0.05) is 54.6 Å². The molecule has 122 valence electrons. The van der Waals surface area contributed by atoms with Gasteiger partial charge in [0.05, 0.1) is 18.2 Å². The van der Waals surface area contributed by atoms with Gasteiger partial charge < -0.3 is 10.1 Å². The number of para-hydroxylation sites is 1. The Hall–Kier alpha value is -2.88. The first-order valence-electron chi connectivity index (χ1n) is 8.09. The molecule has 0 spiro atoms. The van der Waals surface area contributed by atoms with Crippen LogP contribution in [0.15, 0.2) is 66.7 Å². The van der Waals surface area contributed by atoms with Gasteiger partial charge in [-0.15, -0.1) is 0 Å². The molecule has 0 fully saturated rings. The van der Waals surface area contributed by atoms with Gasteiger partial charge in [0.2, 0.25) is 0 Å². The third-order valence-corrected chi connectivity index (χ3v) is 3.84. The highest BCUT2D eigenvalue weighted by atomic mass is 16.5. The average Bonchev–Trinajstić information content (AvgIpc) is 2.62. The van der Waals surface area contributed by atoms with E-state index in [-0.39, 0.29) is 6.04 Å². The molecule has 0 aliphatic rings. The Kier molecular flexibility index (Phi) is 5.06. The molecule has 1 unspecified atom stereocenters. The number of amides is 1. The van der Waals surface area contributed by atoms with E-state index in [0.717, 1.165) is 22.2 Å². The van der Waals surface area contributed by atoms with E-state index in [1.54, 1.807) is 6.92 Å². The predicted octanol–water partition coefficient (Wildman–Crippen LogP) is 4.26. The topological polar surface area (TPSA) is 51.2 Å². The Morgan fingerprint density at radius 3 is 2.58 bits per heavy atom. The molecule has 0 saturated carbocycles. The molecule has 2 aromatic carbocycles. The summed E-state index contributed by atoms with van der Waals surface area (Å²) in [5.41, 5.74) is 2.91. The maximum atomic E-state index is 11.9. The molecule has 0 radical (unpaired) electrons. The minimum absolute atomic E-state index is 0.182. The van der Waals surface area contributed by atoms with Crippen LogP contribution in [-0.4, -0.2) is 17.7 Å². The molecule has 1 amide bonds. The van der Waals surface area contributed by atoms with Crippen molar-refractivity contribution in [3.05, 3.63) is 78.0 Å². The zero-order chi connectivity index (χ0) is 16.8. The van der Waals surface area contributed by atoms with Crippen LogP contribution in [0.2, 0.25) is 0 Å². The number of hydrogen-bond acceptors (Lipinski definition) is 3. The van der Waals surface area contributed by atoms with Crippen LogP contribution in [0.3, 0.4) is 0 Å². The number of nitrogens with one attached hydrogen (secondary N) is 1. The summed E-state index contributed by atoms with van der Waals surface area (Å²) in [6.07, 6.45) is 0.195. The standard InChI is InChI=1S/C20H20N2O2/c1-2-24-20(23)22-19(15-8-4-3-5-9-15)14-17-13-12-16-10-6-7-11-18(16)21-17/h3-13,19H,2,14H2,1H3,(H,22,23). The molecule has 24 heavy (non-hydrogen) atoms. The van der Waals surface area contributed by atoms with Crippen LogP contribution in [0.1, 0.15) is 24.2 Å². The van der Waals surface area contributed by atoms with Gasteiger partial charge in [-0.2, -0.15) is 0 Å². The monoisotopic (exact) mass is 320 g/mol. The molecular weight excluding hydrogens is 300 g/mol. The van der Waals surface area contributed by atoms with Crippen molar-refractivity contribution in [3.63, 3.8) is 0 Å². The second-order valence-electron chi connectivity index (χ2n) is 5.53. The molecule has 4 heteroatoms. The SMILES string of the molecule is CCOC(=O)NC(Cc1ccc2ccccc2n1)c1ccccc1. The van der Waals surface area contributed by atoms with Crippen molar-refractivity contribution in [2.75, 3.05) is 6.61 Å². The maximum absolute atomic E-state index is 11.9. The summed E-state index contributed by atoms with van der Waals surface area (Å²) in [6, 6.07) is 21.8. The number of ether oxygens (including phenoxy) is 1. The van der Waals surface area contributed by atoms with Gasteiger partial charge in [-0.05, 0) is 24.6 Å². The number of fused-ring (bicyclic) bond motifs is 1. The van der Waals surface area contributed by atoms with E-state index >= 15 is 0 Å². The van der Waals surface area contributed by atoms with E-state index in [1.807, 2.05) is 60.7 Å². The lowest BCUT2D eigenvalue weighted by molar-refractivity contribution is 0.148. The smallest absolute Gasteiger partial charge is 0.407 e. The lowest BCUT2D eigenvalue weighted by Crippen LogP contribution is -2.30. The Morgan fingerprint density at radius 2 is 1.79 bits per heavy atom. The van der Waals surface area contributed by atoms with E-state index < -0.39 is 6.09 Å². The van der Waals surface area contributed by atoms with Gasteiger partial charge in [-0.3, -0.25) is 4.98 Å². The number of carbonyl (C=O) groups excluding carboxylic acids is 1. The molecule has 4 nitrogen and oxygen atoms in total. The average molecular weight is 320 g/mol. The van der Waals surface area contributed by atoms with E-state index in [9.17, 15) is 4.79 Å². The number of aromatic nitrogens is 1. The Labute approximate surface area is 141 Å². The number of benzene rings is 2. The normalized spacial score (nSPS) is 11.9. The van der Waals surface area contributed by atoms with Crippen molar-refractivity contribution in [3.8, 4) is 0 Å².